The first-order chi connectivity index (χ1) is 15.9. The zero-order valence-electron chi connectivity index (χ0n) is 17.7. The molecule has 0 amide bonds. The van der Waals surface area contributed by atoms with Crippen LogP contribution in [0.1, 0.15) is 21.5 Å². The molecule has 0 fully saturated rings. The molecule has 0 aliphatic carbocycles. The van der Waals surface area contributed by atoms with Crippen LogP contribution in [0, 0.1) is 12.7 Å². The molecule has 164 valence electrons. The second kappa shape index (κ2) is 7.98. The van der Waals surface area contributed by atoms with Gasteiger partial charge in [-0.15, -0.1) is 5.10 Å². The van der Waals surface area contributed by atoms with Gasteiger partial charge >= 0.3 is 5.69 Å². The number of para-hydroxylation sites is 1. The lowest BCUT2D eigenvalue weighted by Crippen LogP contribution is -2.27. The lowest BCUT2D eigenvalue weighted by molar-refractivity contribution is 0.0966. The van der Waals surface area contributed by atoms with E-state index in [0.717, 1.165) is 15.8 Å². The van der Waals surface area contributed by atoms with Crippen molar-refractivity contribution in [1.29, 1.82) is 0 Å². The van der Waals surface area contributed by atoms with Crippen molar-refractivity contribution in [2.45, 2.75) is 20.0 Å². The molecule has 2 aromatic heterocycles. The van der Waals surface area contributed by atoms with Crippen LogP contribution in [0.5, 0.6) is 0 Å². The van der Waals surface area contributed by atoms with E-state index in [0.29, 0.717) is 10.9 Å². The summed E-state index contributed by atoms with van der Waals surface area (Å²) in [6.45, 7) is 1.86. The van der Waals surface area contributed by atoms with Gasteiger partial charge in [0, 0.05) is 5.56 Å². The molecule has 7 nitrogen and oxygen atoms in total. The van der Waals surface area contributed by atoms with Crippen LogP contribution in [0.2, 0.25) is 0 Å². The molecule has 0 spiro atoms. The molecule has 0 saturated carbocycles. The first-order valence-corrected chi connectivity index (χ1v) is 10.4. The van der Waals surface area contributed by atoms with Crippen LogP contribution in [0.15, 0.2) is 82.4 Å². The number of nitrogens with zero attached hydrogens (tertiary/aromatic N) is 4. The highest BCUT2D eigenvalue weighted by atomic mass is 19.1. The van der Waals surface area contributed by atoms with Gasteiger partial charge in [-0.05, 0) is 48.9 Å². The molecule has 33 heavy (non-hydrogen) atoms. The van der Waals surface area contributed by atoms with Crippen LogP contribution in [0.3, 0.4) is 0 Å². The summed E-state index contributed by atoms with van der Waals surface area (Å²) in [7, 11) is 0. The highest BCUT2D eigenvalue weighted by Gasteiger charge is 2.19. The number of hydrogen-bond acceptors (Lipinski definition) is 4. The largest absolute Gasteiger partial charge is 0.352 e. The van der Waals surface area contributed by atoms with E-state index in [1.165, 1.54) is 33.2 Å². The number of rotatable bonds is 5. The number of hydrogen-bond donors (Lipinski definition) is 0. The topological polar surface area (TPSA) is 78.4 Å². The van der Waals surface area contributed by atoms with Gasteiger partial charge in [-0.2, -0.15) is 0 Å². The summed E-state index contributed by atoms with van der Waals surface area (Å²) in [4.78, 5) is 39.3. The second-order valence-corrected chi connectivity index (χ2v) is 7.90. The Hall–Kier alpha value is -4.33. The van der Waals surface area contributed by atoms with Crippen molar-refractivity contribution in [2.24, 2.45) is 0 Å². The number of halogens is 1. The van der Waals surface area contributed by atoms with Crippen molar-refractivity contribution in [1.82, 2.24) is 18.7 Å². The number of fused-ring (bicyclic) bond motifs is 3. The third kappa shape index (κ3) is 3.65. The van der Waals surface area contributed by atoms with Gasteiger partial charge in [-0.25, -0.2) is 18.3 Å². The fourth-order valence-electron chi connectivity index (χ4n) is 3.85. The third-order valence-electron chi connectivity index (χ3n) is 5.61. The van der Waals surface area contributed by atoms with Crippen LogP contribution < -0.4 is 11.2 Å². The van der Waals surface area contributed by atoms with Gasteiger partial charge in [-0.1, -0.05) is 42.0 Å². The van der Waals surface area contributed by atoms with Crippen molar-refractivity contribution in [2.75, 3.05) is 0 Å². The molecule has 0 radical (unpaired) electrons. The lowest BCUT2D eigenvalue weighted by Gasteiger charge is -2.10. The second-order valence-electron chi connectivity index (χ2n) is 7.90. The Morgan fingerprint density at radius 2 is 1.64 bits per heavy atom. The van der Waals surface area contributed by atoms with E-state index >= 15 is 0 Å². The van der Waals surface area contributed by atoms with Crippen LogP contribution in [-0.2, 0) is 13.1 Å². The van der Waals surface area contributed by atoms with Gasteiger partial charge < -0.3 is 0 Å². The van der Waals surface area contributed by atoms with Crippen LogP contribution in [0.4, 0.5) is 4.39 Å². The van der Waals surface area contributed by atoms with Crippen molar-refractivity contribution in [3.05, 3.63) is 116 Å². The Morgan fingerprint density at radius 3 is 2.36 bits per heavy atom. The van der Waals surface area contributed by atoms with E-state index in [1.807, 2.05) is 31.2 Å². The number of aromatic nitrogens is 4. The van der Waals surface area contributed by atoms with E-state index < -0.39 is 17.3 Å². The smallest absolute Gasteiger partial charge is 0.292 e. The van der Waals surface area contributed by atoms with Crippen LogP contribution in [-0.4, -0.2) is 24.5 Å². The maximum absolute atomic E-state index is 13.3. The highest BCUT2D eigenvalue weighted by molar-refractivity contribution is 5.95. The summed E-state index contributed by atoms with van der Waals surface area (Å²) in [6.07, 6.45) is 0. The van der Waals surface area contributed by atoms with E-state index in [2.05, 4.69) is 5.10 Å². The Labute approximate surface area is 187 Å². The molecular formula is C25H19FN4O3. The maximum atomic E-state index is 13.3. The van der Waals surface area contributed by atoms with Gasteiger partial charge in [0.05, 0.1) is 17.4 Å². The monoisotopic (exact) mass is 442 g/mol. The first-order valence-electron chi connectivity index (χ1n) is 10.4. The van der Waals surface area contributed by atoms with E-state index in [-0.39, 0.29) is 30.0 Å². The predicted molar refractivity (Wildman–Crippen MR) is 122 cm³/mol. The summed E-state index contributed by atoms with van der Waals surface area (Å²) in [6, 6.07) is 19.6. The summed E-state index contributed by atoms with van der Waals surface area (Å²) in [5.74, 6) is -0.698. The number of carbonyl (C=O) groups excluding carboxylic acids is 1. The summed E-state index contributed by atoms with van der Waals surface area (Å²) >= 11 is 0. The minimum absolute atomic E-state index is 0.149. The molecule has 5 aromatic rings. The first kappa shape index (κ1) is 20.6. The van der Waals surface area contributed by atoms with Gasteiger partial charge in [-0.3, -0.25) is 14.2 Å². The quantitative estimate of drug-likeness (QED) is 0.392. The van der Waals surface area contributed by atoms with Crippen molar-refractivity contribution in [3.8, 4) is 0 Å². The molecule has 8 heteroatoms. The number of carbonyl (C=O) groups is 1. The maximum Gasteiger partial charge on any atom is 0.352 e. The predicted octanol–water partition coefficient (Wildman–Crippen LogP) is 3.19. The molecule has 5 rings (SSSR count). The molecule has 0 bridgehead atoms. The minimum Gasteiger partial charge on any atom is -0.292 e. The molecule has 0 saturated heterocycles. The number of ketones is 1. The molecular weight excluding hydrogens is 423 g/mol. The molecule has 0 N–H and O–H groups in total. The van der Waals surface area contributed by atoms with Gasteiger partial charge in [0.25, 0.3) is 5.56 Å². The number of benzene rings is 3. The third-order valence-corrected chi connectivity index (χ3v) is 5.61. The Kier molecular flexibility index (Phi) is 4.97. The molecule has 2 heterocycles. The lowest BCUT2D eigenvalue weighted by atomic mass is 10.1. The van der Waals surface area contributed by atoms with Gasteiger partial charge in [0.15, 0.2) is 5.78 Å². The van der Waals surface area contributed by atoms with Crippen LogP contribution in [0.25, 0.3) is 16.7 Å². The average molecular weight is 442 g/mol. The zero-order chi connectivity index (χ0) is 23.1. The van der Waals surface area contributed by atoms with E-state index in [9.17, 15) is 18.8 Å². The molecule has 0 unspecified atom stereocenters. The Bertz CT molecular complexity index is 1630. The molecule has 0 aliphatic heterocycles. The summed E-state index contributed by atoms with van der Waals surface area (Å²) in [5.41, 5.74) is 1.85. The zero-order valence-corrected chi connectivity index (χ0v) is 17.7. The SMILES string of the molecule is Cc1ccc(Cn2c(=O)c3ccccc3n3c(=O)n(CC(=O)c4ccc(F)cc4)nc23)cc1. The standard InChI is InChI=1S/C25H19FN4O3/c1-16-6-8-17(9-7-16)14-28-23(32)20-4-2-3-5-21(20)30-24(28)27-29(25(30)33)15-22(31)18-10-12-19(26)13-11-18/h2-13H,14-15H2,1H3. The summed E-state index contributed by atoms with van der Waals surface area (Å²) < 4.78 is 17.0. The van der Waals surface area contributed by atoms with Crippen molar-refractivity contribution >= 4 is 22.5 Å². The van der Waals surface area contributed by atoms with E-state index in [1.54, 1.807) is 24.3 Å². The Morgan fingerprint density at radius 1 is 0.939 bits per heavy atom. The van der Waals surface area contributed by atoms with Crippen molar-refractivity contribution < 1.29 is 9.18 Å². The molecule has 0 atom stereocenters. The fourth-order valence-corrected chi connectivity index (χ4v) is 3.85. The van der Waals surface area contributed by atoms with Crippen molar-refractivity contribution in [3.63, 3.8) is 0 Å². The average Bonchev–Trinajstić information content (AvgIpc) is 3.14. The van der Waals surface area contributed by atoms with E-state index in [4.69, 9.17) is 0 Å². The molecule has 3 aromatic carbocycles. The number of aryl methyl sites for hydroxylation is 1. The van der Waals surface area contributed by atoms with Crippen LogP contribution >= 0.6 is 0 Å². The van der Waals surface area contributed by atoms with Gasteiger partial charge in [0.1, 0.15) is 12.4 Å². The molecule has 0 aliphatic rings. The Balaban J connectivity index is 1.68. The highest BCUT2D eigenvalue weighted by Crippen LogP contribution is 2.13. The fraction of sp³-hybridized carbons (Fsp3) is 0.120. The number of Topliss-reactive ketones (excluding diaryl/α,β-unsaturated/α-hetero) is 1. The minimum atomic E-state index is -0.533. The summed E-state index contributed by atoms with van der Waals surface area (Å²) in [5, 5.41) is 4.73. The van der Waals surface area contributed by atoms with Gasteiger partial charge in [0.2, 0.25) is 5.78 Å². The normalized spacial score (nSPS) is 11.3.